The van der Waals surface area contributed by atoms with Crippen molar-refractivity contribution in [1.29, 1.82) is 0 Å². The first-order valence-corrected chi connectivity index (χ1v) is 8.80. The number of hydrogen-bond acceptors (Lipinski definition) is 4. The number of amides is 1. The van der Waals surface area contributed by atoms with Gasteiger partial charge in [-0.3, -0.25) is 9.36 Å². The molecule has 1 amide bonds. The molecule has 0 spiro atoms. The molecule has 0 unspecified atom stereocenters. The second kappa shape index (κ2) is 8.84. The normalized spacial score (nSPS) is 10.6. The smallest absolute Gasteiger partial charge is 0.219 e. The van der Waals surface area contributed by atoms with E-state index in [0.717, 1.165) is 5.69 Å². The molecule has 1 heterocycles. The molecule has 0 aliphatic rings. The number of hydrogen-bond donors (Lipinski definition) is 1. The molecule has 0 aliphatic carbocycles. The average Bonchev–Trinajstić information content (AvgIpc) is 2.96. The van der Waals surface area contributed by atoms with Gasteiger partial charge in [-0.15, -0.1) is 10.2 Å². The average molecular weight is 369 g/mol. The number of halogens is 2. The van der Waals surface area contributed by atoms with Gasteiger partial charge in [0, 0.05) is 35.9 Å². The van der Waals surface area contributed by atoms with Gasteiger partial charge >= 0.3 is 0 Å². The number of nitrogens with one attached hydrogen (secondary N) is 1. The van der Waals surface area contributed by atoms with E-state index in [1.807, 2.05) is 4.57 Å². The first-order valence-electron chi connectivity index (χ1n) is 7.44. The van der Waals surface area contributed by atoms with Gasteiger partial charge in [0.1, 0.15) is 11.6 Å². The Labute approximate surface area is 149 Å². The van der Waals surface area contributed by atoms with E-state index in [-0.39, 0.29) is 11.7 Å². The number of rotatable bonds is 8. The van der Waals surface area contributed by atoms with Gasteiger partial charge in [-0.05, 0) is 24.3 Å². The topological polar surface area (TPSA) is 59.8 Å². The van der Waals surface area contributed by atoms with Gasteiger partial charge in [-0.2, -0.15) is 0 Å². The quantitative estimate of drug-likeness (QED) is 0.726. The minimum absolute atomic E-state index is 0.0177. The van der Waals surface area contributed by atoms with Crippen LogP contribution in [0.3, 0.4) is 0 Å². The minimum atomic E-state index is -0.313. The molecule has 0 radical (unpaired) electrons. The van der Waals surface area contributed by atoms with Crippen LogP contribution in [0.4, 0.5) is 4.39 Å². The van der Waals surface area contributed by atoms with Gasteiger partial charge in [-0.1, -0.05) is 36.9 Å². The zero-order chi connectivity index (χ0) is 17.5. The fourth-order valence-electron chi connectivity index (χ4n) is 1.99. The van der Waals surface area contributed by atoms with Gasteiger partial charge in [0.15, 0.2) is 5.16 Å². The third-order valence-corrected chi connectivity index (χ3v) is 4.44. The molecule has 5 nitrogen and oxygen atoms in total. The first kappa shape index (κ1) is 18.5. The molecule has 1 N–H and O–H groups in total. The van der Waals surface area contributed by atoms with Gasteiger partial charge in [0.05, 0.1) is 0 Å². The number of carbonyl (C=O) groups excluding carboxylic acids is 1. The molecular weight excluding hydrogens is 351 g/mol. The van der Waals surface area contributed by atoms with Crippen molar-refractivity contribution in [1.82, 2.24) is 20.1 Å². The highest BCUT2D eigenvalue weighted by atomic mass is 35.5. The minimum Gasteiger partial charge on any atom is -0.356 e. The Morgan fingerprint density at radius 2 is 2.08 bits per heavy atom. The van der Waals surface area contributed by atoms with Gasteiger partial charge in [-0.25, -0.2) is 4.39 Å². The van der Waals surface area contributed by atoms with E-state index in [1.165, 1.54) is 23.9 Å². The lowest BCUT2D eigenvalue weighted by Gasteiger charge is -2.10. The Morgan fingerprint density at radius 1 is 1.38 bits per heavy atom. The van der Waals surface area contributed by atoms with Crippen LogP contribution in [0, 0.1) is 5.82 Å². The van der Waals surface area contributed by atoms with Crippen molar-refractivity contribution in [3.63, 3.8) is 0 Å². The third kappa shape index (κ3) is 5.07. The molecular formula is C16H18ClFN4OS. The molecule has 8 heteroatoms. The van der Waals surface area contributed by atoms with Gasteiger partial charge < -0.3 is 5.32 Å². The van der Waals surface area contributed by atoms with Crippen molar-refractivity contribution >= 4 is 29.3 Å². The van der Waals surface area contributed by atoms with Crippen LogP contribution in [-0.2, 0) is 11.2 Å². The van der Waals surface area contributed by atoms with Crippen molar-refractivity contribution in [3.05, 3.63) is 47.5 Å². The van der Waals surface area contributed by atoms with Crippen LogP contribution in [0.1, 0.15) is 19.2 Å². The molecule has 0 fully saturated rings. The van der Waals surface area contributed by atoms with Crippen LogP contribution < -0.4 is 5.32 Å². The Hall–Kier alpha value is -1.86. The van der Waals surface area contributed by atoms with E-state index >= 15 is 0 Å². The summed E-state index contributed by atoms with van der Waals surface area (Å²) in [4.78, 5) is 11.4. The first-order chi connectivity index (χ1) is 11.5. The van der Waals surface area contributed by atoms with Crippen molar-refractivity contribution < 1.29 is 9.18 Å². The lowest BCUT2D eigenvalue weighted by molar-refractivity contribution is -0.120. The largest absolute Gasteiger partial charge is 0.356 e. The van der Waals surface area contributed by atoms with E-state index in [4.69, 9.17) is 11.6 Å². The maximum Gasteiger partial charge on any atom is 0.219 e. The second-order valence-electron chi connectivity index (χ2n) is 4.97. The summed E-state index contributed by atoms with van der Waals surface area (Å²) in [6.45, 7) is 5.91. The molecule has 128 valence electrons. The molecule has 0 bridgehead atoms. The molecule has 0 saturated carbocycles. The highest BCUT2D eigenvalue weighted by Gasteiger charge is 2.15. The van der Waals surface area contributed by atoms with E-state index in [2.05, 4.69) is 22.1 Å². The molecule has 2 rings (SSSR count). The molecule has 0 aliphatic heterocycles. The summed E-state index contributed by atoms with van der Waals surface area (Å²) in [6, 6.07) is 6.08. The Bertz CT molecular complexity index is 717. The third-order valence-electron chi connectivity index (χ3n) is 3.13. The number of carbonyl (C=O) groups is 1. The second-order valence-corrected chi connectivity index (χ2v) is 6.45. The SMILES string of the molecule is C=C(Cl)CSc1nnc(CCNC(=O)CC)n1-c1ccc(F)cc1. The predicted octanol–water partition coefficient (Wildman–Crippen LogP) is 3.32. The van der Waals surface area contributed by atoms with E-state index in [0.29, 0.717) is 41.2 Å². The lowest BCUT2D eigenvalue weighted by Crippen LogP contribution is -2.25. The van der Waals surface area contributed by atoms with Crippen LogP contribution >= 0.6 is 23.4 Å². The Morgan fingerprint density at radius 3 is 2.71 bits per heavy atom. The van der Waals surface area contributed by atoms with Crippen LogP contribution in [0.5, 0.6) is 0 Å². The molecule has 1 aromatic carbocycles. The lowest BCUT2D eigenvalue weighted by atomic mass is 10.3. The van der Waals surface area contributed by atoms with Crippen molar-refractivity contribution in [3.8, 4) is 5.69 Å². The molecule has 2 aromatic rings. The Balaban J connectivity index is 2.24. The maximum atomic E-state index is 13.2. The van der Waals surface area contributed by atoms with Crippen LogP contribution in [0.15, 0.2) is 41.0 Å². The van der Waals surface area contributed by atoms with Crippen LogP contribution in [0.2, 0.25) is 0 Å². The van der Waals surface area contributed by atoms with E-state index < -0.39 is 0 Å². The summed E-state index contributed by atoms with van der Waals surface area (Å²) in [6.07, 6.45) is 0.947. The zero-order valence-electron chi connectivity index (χ0n) is 13.3. The summed E-state index contributed by atoms with van der Waals surface area (Å²) in [5, 5.41) is 12.3. The zero-order valence-corrected chi connectivity index (χ0v) is 14.8. The number of aromatic nitrogens is 3. The monoisotopic (exact) mass is 368 g/mol. The molecule has 24 heavy (non-hydrogen) atoms. The number of thioether (sulfide) groups is 1. The van der Waals surface area contributed by atoms with Crippen molar-refractivity contribution in [2.45, 2.75) is 24.9 Å². The van der Waals surface area contributed by atoms with Crippen LogP contribution in [-0.4, -0.2) is 33.0 Å². The highest BCUT2D eigenvalue weighted by molar-refractivity contribution is 7.99. The van der Waals surface area contributed by atoms with Gasteiger partial charge in [0.25, 0.3) is 0 Å². The fourth-order valence-corrected chi connectivity index (χ4v) is 2.87. The summed E-state index contributed by atoms with van der Waals surface area (Å²) >= 11 is 7.21. The standard InChI is InChI=1S/C16H18ClFN4OS/c1-3-15(23)19-9-8-14-20-21-16(24-10-11(2)17)22(14)13-6-4-12(18)5-7-13/h4-7H,2-3,8-10H2,1H3,(H,19,23). The summed E-state index contributed by atoms with van der Waals surface area (Å²) in [7, 11) is 0. The fraction of sp³-hybridized carbons (Fsp3) is 0.312. The summed E-state index contributed by atoms with van der Waals surface area (Å²) in [5.74, 6) is 0.844. The number of benzene rings is 1. The summed E-state index contributed by atoms with van der Waals surface area (Å²) in [5.41, 5.74) is 0.751. The molecule has 0 atom stereocenters. The molecule has 1 aromatic heterocycles. The summed E-state index contributed by atoms with van der Waals surface area (Å²) < 4.78 is 15.0. The van der Waals surface area contributed by atoms with Crippen molar-refractivity contribution in [2.75, 3.05) is 12.3 Å². The van der Waals surface area contributed by atoms with E-state index in [9.17, 15) is 9.18 Å². The van der Waals surface area contributed by atoms with Crippen molar-refractivity contribution in [2.24, 2.45) is 0 Å². The number of nitrogens with zero attached hydrogens (tertiary/aromatic N) is 3. The van der Waals surface area contributed by atoms with Crippen LogP contribution in [0.25, 0.3) is 5.69 Å². The molecule has 0 saturated heterocycles. The predicted molar refractivity (Wildman–Crippen MR) is 94.0 cm³/mol. The Kier molecular flexibility index (Phi) is 6.81. The maximum absolute atomic E-state index is 13.2. The highest BCUT2D eigenvalue weighted by Crippen LogP contribution is 2.24. The van der Waals surface area contributed by atoms with E-state index in [1.54, 1.807) is 19.1 Å². The van der Waals surface area contributed by atoms with Gasteiger partial charge in [0.2, 0.25) is 5.91 Å².